The smallest absolute Gasteiger partial charge is 0.248 e. The maximum Gasteiger partial charge on any atom is 0.248 e. The monoisotopic (exact) mass is 400 g/mol. The van der Waals surface area contributed by atoms with Crippen LogP contribution in [-0.4, -0.2) is 28.7 Å². The Labute approximate surface area is 175 Å². The van der Waals surface area contributed by atoms with E-state index in [1.54, 1.807) is 0 Å². The van der Waals surface area contributed by atoms with E-state index in [0.717, 1.165) is 17.5 Å². The topological polar surface area (TPSA) is 66.5 Å². The van der Waals surface area contributed by atoms with Gasteiger partial charge in [-0.15, -0.1) is 0 Å². The minimum Gasteiger partial charge on any atom is -0.324 e. The minimum absolute atomic E-state index is 0.124. The van der Waals surface area contributed by atoms with Crippen LogP contribution in [0.3, 0.4) is 0 Å². The third kappa shape index (κ3) is 3.05. The summed E-state index contributed by atoms with van der Waals surface area (Å²) in [6.45, 7) is 1.95. The molecule has 2 aromatic rings. The van der Waals surface area contributed by atoms with Gasteiger partial charge in [0.1, 0.15) is 6.04 Å². The van der Waals surface area contributed by atoms with Gasteiger partial charge in [0, 0.05) is 12.1 Å². The summed E-state index contributed by atoms with van der Waals surface area (Å²) in [6, 6.07) is 16.2. The first-order chi connectivity index (χ1) is 14.5. The zero-order chi connectivity index (χ0) is 20.8. The number of nitrogens with zero attached hydrogens (tertiary/aromatic N) is 1. The second-order valence-corrected chi connectivity index (χ2v) is 8.61. The number of likely N-dealkylation sites (tertiary alicyclic amines) is 1. The lowest BCUT2D eigenvalue weighted by Gasteiger charge is -2.27. The van der Waals surface area contributed by atoms with Crippen LogP contribution in [0.25, 0.3) is 0 Å². The number of anilines is 1. The number of benzene rings is 2. The molecule has 30 heavy (non-hydrogen) atoms. The molecule has 2 fully saturated rings. The number of fused-ring (bicyclic) bond motifs is 5. The van der Waals surface area contributed by atoms with Crippen molar-refractivity contribution in [3.8, 4) is 0 Å². The second-order valence-electron chi connectivity index (χ2n) is 8.61. The Morgan fingerprint density at radius 1 is 1.00 bits per heavy atom. The van der Waals surface area contributed by atoms with Gasteiger partial charge in [-0.05, 0) is 48.4 Å². The summed E-state index contributed by atoms with van der Waals surface area (Å²) in [5.41, 5.74) is 2.61. The maximum absolute atomic E-state index is 13.3. The zero-order valence-electron chi connectivity index (χ0n) is 16.8. The van der Waals surface area contributed by atoms with Gasteiger partial charge >= 0.3 is 0 Å². The van der Waals surface area contributed by atoms with Crippen LogP contribution in [0.4, 0.5) is 5.69 Å². The number of carbonyl (C=O) groups is 3. The number of hydrogen-bond acceptors (Lipinski definition) is 3. The maximum atomic E-state index is 13.3. The predicted molar refractivity (Wildman–Crippen MR) is 113 cm³/mol. The van der Waals surface area contributed by atoms with Crippen molar-refractivity contribution in [2.75, 3.05) is 5.32 Å². The van der Waals surface area contributed by atoms with E-state index in [4.69, 9.17) is 0 Å². The van der Waals surface area contributed by atoms with Crippen LogP contribution >= 0.6 is 0 Å². The molecule has 0 aromatic heterocycles. The Morgan fingerprint density at radius 2 is 1.67 bits per heavy atom. The van der Waals surface area contributed by atoms with Crippen molar-refractivity contribution in [1.82, 2.24) is 4.90 Å². The number of allylic oxidation sites excluding steroid dienone is 2. The molecule has 5 rings (SSSR count). The Bertz CT molecular complexity index is 1020. The van der Waals surface area contributed by atoms with E-state index in [1.807, 2.05) is 61.5 Å². The highest BCUT2D eigenvalue weighted by Crippen LogP contribution is 2.53. The van der Waals surface area contributed by atoms with Crippen LogP contribution in [0.5, 0.6) is 0 Å². The molecular weight excluding hydrogens is 376 g/mol. The molecule has 3 aliphatic rings. The molecular formula is C25H24N2O3. The third-order valence-electron chi connectivity index (χ3n) is 6.68. The summed E-state index contributed by atoms with van der Waals surface area (Å²) >= 11 is 0. The van der Waals surface area contributed by atoms with E-state index in [9.17, 15) is 14.4 Å². The van der Waals surface area contributed by atoms with Gasteiger partial charge < -0.3 is 5.32 Å². The van der Waals surface area contributed by atoms with Crippen molar-refractivity contribution < 1.29 is 14.4 Å². The highest BCUT2D eigenvalue weighted by Gasteiger charge is 2.61. The number of amides is 3. The van der Waals surface area contributed by atoms with Crippen LogP contribution < -0.4 is 5.32 Å². The third-order valence-corrected chi connectivity index (χ3v) is 6.68. The lowest BCUT2D eigenvalue weighted by molar-refractivity contribution is -0.147. The first-order valence-corrected chi connectivity index (χ1v) is 10.5. The lowest BCUT2D eigenvalue weighted by Crippen LogP contribution is -2.49. The predicted octanol–water partition coefficient (Wildman–Crippen LogP) is 3.35. The molecule has 1 N–H and O–H groups in total. The van der Waals surface area contributed by atoms with Crippen LogP contribution in [-0.2, 0) is 20.8 Å². The molecule has 1 heterocycles. The van der Waals surface area contributed by atoms with Crippen LogP contribution in [0.1, 0.15) is 17.5 Å². The molecule has 2 aromatic carbocycles. The highest BCUT2D eigenvalue weighted by molar-refractivity contribution is 6.11. The van der Waals surface area contributed by atoms with Crippen molar-refractivity contribution in [1.29, 1.82) is 0 Å². The summed E-state index contributed by atoms with van der Waals surface area (Å²) in [5.74, 6) is -1.08. The van der Waals surface area contributed by atoms with Gasteiger partial charge in [0.2, 0.25) is 17.7 Å². The molecule has 1 aliphatic heterocycles. The molecule has 2 aliphatic carbocycles. The summed E-state index contributed by atoms with van der Waals surface area (Å²) in [5, 5.41) is 2.92. The number of rotatable bonds is 5. The van der Waals surface area contributed by atoms with Gasteiger partial charge in [0.15, 0.2) is 0 Å². The molecule has 0 unspecified atom stereocenters. The average Bonchev–Trinajstić information content (AvgIpc) is 3.41. The van der Waals surface area contributed by atoms with E-state index in [0.29, 0.717) is 12.1 Å². The molecule has 1 saturated heterocycles. The van der Waals surface area contributed by atoms with Crippen LogP contribution in [0, 0.1) is 30.6 Å². The van der Waals surface area contributed by atoms with Crippen molar-refractivity contribution in [3.05, 3.63) is 77.9 Å². The van der Waals surface area contributed by atoms with Crippen LogP contribution in [0.15, 0.2) is 66.7 Å². The fraction of sp³-hybridized carbons (Fsp3) is 0.320. The van der Waals surface area contributed by atoms with Gasteiger partial charge in [-0.2, -0.15) is 0 Å². The fourth-order valence-electron chi connectivity index (χ4n) is 5.32. The largest absolute Gasteiger partial charge is 0.324 e. The van der Waals surface area contributed by atoms with Crippen molar-refractivity contribution in [3.63, 3.8) is 0 Å². The molecule has 1 saturated carbocycles. The van der Waals surface area contributed by atoms with Gasteiger partial charge in [-0.25, -0.2) is 0 Å². The van der Waals surface area contributed by atoms with Gasteiger partial charge in [-0.3, -0.25) is 19.3 Å². The number of imide groups is 1. The van der Waals surface area contributed by atoms with E-state index in [2.05, 4.69) is 17.5 Å². The normalized spacial score (nSPS) is 27.4. The Hall–Kier alpha value is -3.21. The van der Waals surface area contributed by atoms with E-state index in [-0.39, 0.29) is 41.4 Å². The second kappa shape index (κ2) is 7.24. The Morgan fingerprint density at radius 3 is 2.30 bits per heavy atom. The van der Waals surface area contributed by atoms with E-state index < -0.39 is 6.04 Å². The van der Waals surface area contributed by atoms with E-state index >= 15 is 0 Å². The number of nitrogens with one attached hydrogen (secondary N) is 1. The number of aryl methyl sites for hydroxylation is 1. The molecule has 3 amide bonds. The molecule has 2 bridgehead atoms. The SMILES string of the molecule is Cc1cccc(NC(=O)[C@@H](Cc2ccccc2)N2C(=O)[C@@H]3[C@H](C2=O)[C@@H]2C=C[C@H]3C2)c1. The summed E-state index contributed by atoms with van der Waals surface area (Å²) in [7, 11) is 0. The fourth-order valence-corrected chi connectivity index (χ4v) is 5.32. The van der Waals surface area contributed by atoms with Gasteiger partial charge in [0.05, 0.1) is 11.8 Å². The Balaban J connectivity index is 1.46. The molecule has 5 heteroatoms. The summed E-state index contributed by atoms with van der Waals surface area (Å²) < 4.78 is 0. The van der Waals surface area contributed by atoms with Crippen molar-refractivity contribution >= 4 is 23.4 Å². The average molecular weight is 400 g/mol. The van der Waals surface area contributed by atoms with Crippen molar-refractivity contribution in [2.24, 2.45) is 23.7 Å². The Kier molecular flexibility index (Phi) is 4.54. The number of hydrogen-bond donors (Lipinski definition) is 1. The standard InChI is InChI=1S/C25H24N2O3/c1-15-6-5-9-19(12-15)26-23(28)20(13-16-7-3-2-4-8-16)27-24(29)21-17-10-11-18(14-17)22(21)25(27)30/h2-12,17-18,20-22H,13-14H2,1H3,(H,26,28)/t17-,18+,20-,21-,22+/m1/s1. The summed E-state index contributed by atoms with van der Waals surface area (Å²) in [6.07, 6.45) is 5.32. The van der Waals surface area contributed by atoms with E-state index in [1.165, 1.54) is 4.90 Å². The molecule has 0 spiro atoms. The highest BCUT2D eigenvalue weighted by atomic mass is 16.2. The quantitative estimate of drug-likeness (QED) is 0.618. The van der Waals surface area contributed by atoms with Crippen molar-refractivity contribution in [2.45, 2.75) is 25.8 Å². The molecule has 152 valence electrons. The lowest BCUT2D eigenvalue weighted by atomic mass is 9.85. The molecule has 0 radical (unpaired) electrons. The first kappa shape index (κ1) is 18.8. The van der Waals surface area contributed by atoms with Gasteiger partial charge in [0.25, 0.3) is 0 Å². The zero-order valence-corrected chi connectivity index (χ0v) is 16.8. The number of carbonyl (C=O) groups excluding carboxylic acids is 3. The minimum atomic E-state index is -0.863. The molecule has 5 nitrogen and oxygen atoms in total. The summed E-state index contributed by atoms with van der Waals surface area (Å²) in [4.78, 5) is 41.2. The van der Waals surface area contributed by atoms with Crippen LogP contribution in [0.2, 0.25) is 0 Å². The molecule has 5 atom stereocenters. The van der Waals surface area contributed by atoms with Gasteiger partial charge in [-0.1, -0.05) is 54.6 Å². The first-order valence-electron chi connectivity index (χ1n) is 10.5.